The maximum atomic E-state index is 13.3. The Morgan fingerprint density at radius 2 is 1.66 bits per heavy atom. The molecule has 3 rings (SSSR count). The van der Waals surface area contributed by atoms with Crippen molar-refractivity contribution in [1.82, 2.24) is 5.32 Å². The molecule has 0 spiro atoms. The van der Waals surface area contributed by atoms with Crippen molar-refractivity contribution in [2.45, 2.75) is 25.3 Å². The van der Waals surface area contributed by atoms with Gasteiger partial charge in [0.2, 0.25) is 5.91 Å². The molecule has 0 aliphatic rings. The second kappa shape index (κ2) is 10.3. The van der Waals surface area contributed by atoms with E-state index in [2.05, 4.69) is 5.32 Å². The predicted octanol–water partition coefficient (Wildman–Crippen LogP) is 4.04. The molecule has 0 unspecified atom stereocenters. The first-order chi connectivity index (χ1) is 15.3. The summed E-state index contributed by atoms with van der Waals surface area (Å²) in [6.07, 6.45) is 0. The van der Waals surface area contributed by atoms with Crippen molar-refractivity contribution >= 4 is 21.6 Å². The van der Waals surface area contributed by atoms with Gasteiger partial charge in [-0.15, -0.1) is 0 Å². The number of hydrogen-bond acceptors (Lipinski definition) is 4. The molecule has 3 aromatic carbocycles. The third-order valence-corrected chi connectivity index (χ3v) is 6.65. The van der Waals surface area contributed by atoms with Gasteiger partial charge in [0, 0.05) is 6.54 Å². The largest absolute Gasteiger partial charge is 0.494 e. The summed E-state index contributed by atoms with van der Waals surface area (Å²) in [4.78, 5) is 12.6. The van der Waals surface area contributed by atoms with Crippen molar-refractivity contribution in [3.8, 4) is 5.75 Å². The number of aryl methyl sites for hydroxylation is 1. The Morgan fingerprint density at radius 3 is 2.28 bits per heavy atom. The number of sulfonamides is 1. The lowest BCUT2D eigenvalue weighted by atomic mass is 10.1. The van der Waals surface area contributed by atoms with E-state index >= 15 is 0 Å². The van der Waals surface area contributed by atoms with Crippen LogP contribution in [0.25, 0.3) is 0 Å². The van der Waals surface area contributed by atoms with Crippen LogP contribution in [0, 0.1) is 12.7 Å². The molecule has 0 radical (unpaired) electrons. The Labute approximate surface area is 187 Å². The quantitative estimate of drug-likeness (QED) is 0.527. The second-order valence-electron chi connectivity index (χ2n) is 7.10. The van der Waals surface area contributed by atoms with E-state index in [4.69, 9.17) is 4.74 Å². The molecule has 1 N–H and O–H groups in total. The lowest BCUT2D eigenvalue weighted by molar-refractivity contribution is -0.119. The SMILES string of the molecule is CCOc1ccc(N(CC(=O)NCc2ccccc2C)S(=O)(=O)c2ccc(F)cc2)cc1. The molecule has 0 aromatic heterocycles. The Hall–Kier alpha value is -3.39. The minimum absolute atomic E-state index is 0.112. The number of amides is 1. The number of nitrogens with zero attached hydrogens (tertiary/aromatic N) is 1. The Morgan fingerprint density at radius 1 is 1.00 bits per heavy atom. The summed E-state index contributed by atoms with van der Waals surface area (Å²) in [5, 5.41) is 2.77. The first-order valence-corrected chi connectivity index (χ1v) is 11.6. The van der Waals surface area contributed by atoms with Crippen molar-refractivity contribution in [2.75, 3.05) is 17.5 Å². The molecule has 0 aliphatic heterocycles. The number of benzene rings is 3. The minimum Gasteiger partial charge on any atom is -0.494 e. The van der Waals surface area contributed by atoms with Gasteiger partial charge in [-0.3, -0.25) is 9.10 Å². The van der Waals surface area contributed by atoms with Gasteiger partial charge in [-0.2, -0.15) is 0 Å². The lowest BCUT2D eigenvalue weighted by Crippen LogP contribution is -2.40. The van der Waals surface area contributed by atoms with Crippen LogP contribution in [-0.2, 0) is 21.4 Å². The molecule has 0 heterocycles. The minimum atomic E-state index is -4.12. The van der Waals surface area contributed by atoms with Gasteiger partial charge in [0.05, 0.1) is 17.2 Å². The topological polar surface area (TPSA) is 75.7 Å². The molecule has 0 saturated carbocycles. The summed E-state index contributed by atoms with van der Waals surface area (Å²) < 4.78 is 46.4. The highest BCUT2D eigenvalue weighted by atomic mass is 32.2. The van der Waals surface area contributed by atoms with E-state index in [1.54, 1.807) is 24.3 Å². The summed E-state index contributed by atoms with van der Waals surface area (Å²) >= 11 is 0. The molecule has 0 saturated heterocycles. The highest BCUT2D eigenvalue weighted by molar-refractivity contribution is 7.92. The van der Waals surface area contributed by atoms with E-state index in [9.17, 15) is 17.6 Å². The van der Waals surface area contributed by atoms with Gasteiger partial charge in [-0.1, -0.05) is 24.3 Å². The van der Waals surface area contributed by atoms with Gasteiger partial charge in [-0.05, 0) is 73.5 Å². The number of nitrogens with one attached hydrogen (secondary N) is 1. The van der Waals surface area contributed by atoms with Crippen molar-refractivity contribution in [1.29, 1.82) is 0 Å². The fourth-order valence-electron chi connectivity index (χ4n) is 3.11. The summed E-state index contributed by atoms with van der Waals surface area (Å²) in [6, 6.07) is 18.5. The molecular formula is C24H25FN2O4S. The van der Waals surface area contributed by atoms with Gasteiger partial charge in [0.15, 0.2) is 0 Å². The lowest BCUT2D eigenvalue weighted by Gasteiger charge is -2.24. The first kappa shape index (κ1) is 23.3. The summed E-state index contributed by atoms with van der Waals surface area (Å²) in [6.45, 7) is 4.10. The average molecular weight is 457 g/mol. The van der Waals surface area contributed by atoms with Crippen LogP contribution in [0.5, 0.6) is 5.75 Å². The normalized spacial score (nSPS) is 11.1. The van der Waals surface area contributed by atoms with E-state index < -0.39 is 28.3 Å². The number of carbonyl (C=O) groups excluding carboxylic acids is 1. The van der Waals surface area contributed by atoms with Gasteiger partial charge in [0.25, 0.3) is 10.0 Å². The molecule has 1 amide bonds. The van der Waals surface area contributed by atoms with E-state index in [0.29, 0.717) is 18.0 Å². The van der Waals surface area contributed by atoms with Crippen LogP contribution in [-0.4, -0.2) is 27.5 Å². The molecule has 0 aliphatic carbocycles. The zero-order valence-electron chi connectivity index (χ0n) is 17.9. The number of rotatable bonds is 9. The predicted molar refractivity (Wildman–Crippen MR) is 122 cm³/mol. The highest BCUT2D eigenvalue weighted by Crippen LogP contribution is 2.26. The highest BCUT2D eigenvalue weighted by Gasteiger charge is 2.27. The fourth-order valence-corrected chi connectivity index (χ4v) is 4.53. The average Bonchev–Trinajstić information content (AvgIpc) is 2.78. The van der Waals surface area contributed by atoms with Crippen LogP contribution in [0.1, 0.15) is 18.1 Å². The van der Waals surface area contributed by atoms with Crippen molar-refractivity contribution < 1.29 is 22.3 Å². The molecule has 6 nitrogen and oxygen atoms in total. The van der Waals surface area contributed by atoms with Gasteiger partial charge in [-0.25, -0.2) is 12.8 Å². The number of carbonyl (C=O) groups is 1. The van der Waals surface area contributed by atoms with Crippen LogP contribution < -0.4 is 14.4 Å². The van der Waals surface area contributed by atoms with Crippen molar-refractivity contribution in [3.63, 3.8) is 0 Å². The van der Waals surface area contributed by atoms with E-state index in [0.717, 1.165) is 27.6 Å². The van der Waals surface area contributed by atoms with E-state index in [1.807, 2.05) is 38.1 Å². The molecule has 0 fully saturated rings. The summed E-state index contributed by atoms with van der Waals surface area (Å²) in [5.74, 6) is -0.431. The van der Waals surface area contributed by atoms with Crippen molar-refractivity contribution in [2.24, 2.45) is 0 Å². The summed E-state index contributed by atoms with van der Waals surface area (Å²) in [7, 11) is -4.12. The number of ether oxygens (including phenoxy) is 1. The smallest absolute Gasteiger partial charge is 0.264 e. The van der Waals surface area contributed by atoms with Gasteiger partial charge < -0.3 is 10.1 Å². The molecule has 0 bridgehead atoms. The molecule has 0 atom stereocenters. The van der Waals surface area contributed by atoms with Crippen LogP contribution in [0.4, 0.5) is 10.1 Å². The van der Waals surface area contributed by atoms with E-state index in [-0.39, 0.29) is 11.4 Å². The standard InChI is InChI=1S/C24H25FN2O4S/c1-3-31-22-12-10-21(11-13-22)27(32(29,30)23-14-8-20(25)9-15-23)17-24(28)26-16-19-7-5-4-6-18(19)2/h4-15H,3,16-17H2,1-2H3,(H,26,28). The molecule has 168 valence electrons. The molecule has 32 heavy (non-hydrogen) atoms. The first-order valence-electron chi connectivity index (χ1n) is 10.1. The Kier molecular flexibility index (Phi) is 7.48. The third kappa shape index (κ3) is 5.64. The Bertz CT molecular complexity index is 1160. The zero-order chi connectivity index (χ0) is 23.1. The fraction of sp³-hybridized carbons (Fsp3) is 0.208. The molecule has 3 aromatic rings. The second-order valence-corrected chi connectivity index (χ2v) is 8.96. The van der Waals surface area contributed by atoms with Crippen LogP contribution in [0.3, 0.4) is 0 Å². The third-order valence-electron chi connectivity index (χ3n) is 4.86. The van der Waals surface area contributed by atoms with Gasteiger partial charge >= 0.3 is 0 Å². The monoisotopic (exact) mass is 456 g/mol. The summed E-state index contributed by atoms with van der Waals surface area (Å²) in [5.41, 5.74) is 2.26. The van der Waals surface area contributed by atoms with Crippen LogP contribution >= 0.6 is 0 Å². The molecule has 8 heteroatoms. The zero-order valence-corrected chi connectivity index (χ0v) is 18.7. The molecular weight excluding hydrogens is 431 g/mol. The van der Waals surface area contributed by atoms with Crippen molar-refractivity contribution in [3.05, 3.63) is 89.7 Å². The Balaban J connectivity index is 1.86. The maximum Gasteiger partial charge on any atom is 0.264 e. The maximum absolute atomic E-state index is 13.3. The number of hydrogen-bond donors (Lipinski definition) is 1. The number of halogens is 1. The van der Waals surface area contributed by atoms with Crippen LogP contribution in [0.2, 0.25) is 0 Å². The number of anilines is 1. The van der Waals surface area contributed by atoms with Crippen LogP contribution in [0.15, 0.2) is 77.7 Å². The van der Waals surface area contributed by atoms with E-state index in [1.165, 1.54) is 12.1 Å². The van der Waals surface area contributed by atoms with Gasteiger partial charge in [0.1, 0.15) is 18.1 Å².